The standard InChI is InChI=1S/C21H22O5/c1-13(14(2)22)12-19-16(10-7-11-18(19)21(24)26-4)15-8-5-6-9-17(15)20(23)25-3/h5-11,13H,12H2,1-4H3. The van der Waals surface area contributed by atoms with Crippen LogP contribution in [0.4, 0.5) is 0 Å². The molecule has 1 atom stereocenters. The van der Waals surface area contributed by atoms with Crippen molar-refractivity contribution < 1.29 is 23.9 Å². The van der Waals surface area contributed by atoms with Gasteiger partial charge in [-0.25, -0.2) is 9.59 Å². The molecule has 0 N–H and O–H groups in total. The monoisotopic (exact) mass is 354 g/mol. The van der Waals surface area contributed by atoms with Crippen LogP contribution in [0.2, 0.25) is 0 Å². The second-order valence-corrected chi connectivity index (χ2v) is 6.08. The zero-order valence-corrected chi connectivity index (χ0v) is 15.4. The van der Waals surface area contributed by atoms with Gasteiger partial charge in [-0.1, -0.05) is 37.3 Å². The number of methoxy groups -OCH3 is 2. The van der Waals surface area contributed by atoms with Crippen LogP contribution in [0.25, 0.3) is 11.1 Å². The number of carbonyl (C=O) groups is 3. The highest BCUT2D eigenvalue weighted by Crippen LogP contribution is 2.32. The van der Waals surface area contributed by atoms with Gasteiger partial charge in [-0.05, 0) is 42.2 Å². The third kappa shape index (κ3) is 3.99. The van der Waals surface area contributed by atoms with Gasteiger partial charge in [-0.3, -0.25) is 4.79 Å². The summed E-state index contributed by atoms with van der Waals surface area (Å²) in [6.07, 6.45) is 0.367. The van der Waals surface area contributed by atoms with Crippen LogP contribution in [-0.4, -0.2) is 31.9 Å². The lowest BCUT2D eigenvalue weighted by molar-refractivity contribution is -0.120. The summed E-state index contributed by atoms with van der Waals surface area (Å²) in [6, 6.07) is 12.3. The summed E-state index contributed by atoms with van der Waals surface area (Å²) in [7, 11) is 2.64. The molecule has 0 heterocycles. The zero-order chi connectivity index (χ0) is 19.3. The van der Waals surface area contributed by atoms with E-state index in [1.807, 2.05) is 19.1 Å². The van der Waals surface area contributed by atoms with Gasteiger partial charge in [-0.15, -0.1) is 0 Å². The molecule has 5 heteroatoms. The predicted molar refractivity (Wildman–Crippen MR) is 98.1 cm³/mol. The lowest BCUT2D eigenvalue weighted by atomic mass is 9.86. The minimum absolute atomic E-state index is 0.0249. The Hall–Kier alpha value is -2.95. The van der Waals surface area contributed by atoms with Crippen LogP contribution >= 0.6 is 0 Å². The first-order valence-corrected chi connectivity index (χ1v) is 8.29. The lowest BCUT2D eigenvalue weighted by Crippen LogP contribution is -2.15. The third-order valence-electron chi connectivity index (χ3n) is 4.41. The molecule has 0 aromatic heterocycles. The van der Waals surface area contributed by atoms with E-state index in [2.05, 4.69) is 0 Å². The summed E-state index contributed by atoms with van der Waals surface area (Å²) in [5.74, 6) is -1.19. The summed E-state index contributed by atoms with van der Waals surface area (Å²) < 4.78 is 9.77. The number of ether oxygens (including phenoxy) is 2. The maximum Gasteiger partial charge on any atom is 0.338 e. The fraction of sp³-hybridized carbons (Fsp3) is 0.286. The molecule has 26 heavy (non-hydrogen) atoms. The van der Waals surface area contributed by atoms with Crippen molar-refractivity contribution in [3.8, 4) is 11.1 Å². The van der Waals surface area contributed by atoms with Crippen LogP contribution in [0.1, 0.15) is 40.1 Å². The van der Waals surface area contributed by atoms with Crippen LogP contribution in [-0.2, 0) is 20.7 Å². The molecule has 0 spiro atoms. The van der Waals surface area contributed by atoms with E-state index in [1.165, 1.54) is 21.1 Å². The first-order chi connectivity index (χ1) is 12.4. The maximum atomic E-state index is 12.2. The molecular weight excluding hydrogens is 332 g/mol. The summed E-state index contributed by atoms with van der Waals surface area (Å²) in [5.41, 5.74) is 2.82. The predicted octanol–water partition coefficient (Wildman–Crippen LogP) is 3.69. The highest BCUT2D eigenvalue weighted by atomic mass is 16.5. The van der Waals surface area contributed by atoms with Crippen molar-refractivity contribution in [2.45, 2.75) is 20.3 Å². The molecule has 2 aromatic carbocycles. The Kier molecular flexibility index (Phi) is 6.28. The van der Waals surface area contributed by atoms with Gasteiger partial charge in [-0.2, -0.15) is 0 Å². The summed E-state index contributed by atoms with van der Waals surface area (Å²) >= 11 is 0. The average Bonchev–Trinajstić information content (AvgIpc) is 2.66. The Morgan fingerprint density at radius 2 is 1.38 bits per heavy atom. The molecule has 1 unspecified atom stereocenters. The van der Waals surface area contributed by atoms with Gasteiger partial charge in [0, 0.05) is 5.92 Å². The number of esters is 2. The number of hydrogen-bond acceptors (Lipinski definition) is 5. The van der Waals surface area contributed by atoms with Crippen LogP contribution in [0.3, 0.4) is 0 Å². The maximum absolute atomic E-state index is 12.2. The molecule has 0 aliphatic heterocycles. The van der Waals surface area contributed by atoms with E-state index in [9.17, 15) is 14.4 Å². The van der Waals surface area contributed by atoms with Crippen LogP contribution in [0.5, 0.6) is 0 Å². The van der Waals surface area contributed by atoms with E-state index in [0.717, 1.165) is 0 Å². The van der Waals surface area contributed by atoms with Gasteiger partial charge in [0.05, 0.1) is 25.3 Å². The van der Waals surface area contributed by atoms with Crippen molar-refractivity contribution in [1.82, 2.24) is 0 Å². The van der Waals surface area contributed by atoms with Crippen LogP contribution in [0.15, 0.2) is 42.5 Å². The molecule has 2 rings (SSSR count). The Morgan fingerprint density at radius 1 is 0.846 bits per heavy atom. The van der Waals surface area contributed by atoms with Gasteiger partial charge >= 0.3 is 11.9 Å². The molecule has 0 radical (unpaired) electrons. The minimum atomic E-state index is -0.479. The van der Waals surface area contributed by atoms with E-state index < -0.39 is 11.9 Å². The van der Waals surface area contributed by atoms with E-state index in [1.54, 1.807) is 30.3 Å². The average molecular weight is 354 g/mol. The van der Waals surface area contributed by atoms with Crippen molar-refractivity contribution >= 4 is 17.7 Å². The van der Waals surface area contributed by atoms with E-state index in [4.69, 9.17) is 9.47 Å². The third-order valence-corrected chi connectivity index (χ3v) is 4.41. The highest BCUT2D eigenvalue weighted by molar-refractivity contribution is 6.00. The molecule has 0 aliphatic rings. The van der Waals surface area contributed by atoms with Crippen molar-refractivity contribution in [1.29, 1.82) is 0 Å². The van der Waals surface area contributed by atoms with Gasteiger partial charge < -0.3 is 9.47 Å². The van der Waals surface area contributed by atoms with Gasteiger partial charge in [0.2, 0.25) is 0 Å². The molecule has 0 fully saturated rings. The fourth-order valence-electron chi connectivity index (χ4n) is 2.82. The molecule has 2 aromatic rings. The molecule has 0 saturated heterocycles. The summed E-state index contributed by atoms with van der Waals surface area (Å²) in [5, 5.41) is 0. The number of rotatable bonds is 6. The Balaban J connectivity index is 2.71. The van der Waals surface area contributed by atoms with Crippen molar-refractivity contribution in [3.63, 3.8) is 0 Å². The second kappa shape index (κ2) is 8.43. The molecule has 5 nitrogen and oxygen atoms in total. The smallest absolute Gasteiger partial charge is 0.338 e. The van der Waals surface area contributed by atoms with Crippen molar-refractivity contribution in [2.24, 2.45) is 5.92 Å². The highest BCUT2D eigenvalue weighted by Gasteiger charge is 2.22. The van der Waals surface area contributed by atoms with E-state index in [0.29, 0.717) is 34.2 Å². The Bertz CT molecular complexity index is 838. The molecule has 136 valence electrons. The minimum Gasteiger partial charge on any atom is -0.465 e. The lowest BCUT2D eigenvalue weighted by Gasteiger charge is -2.18. The van der Waals surface area contributed by atoms with E-state index in [-0.39, 0.29) is 11.7 Å². The molecule has 0 bridgehead atoms. The van der Waals surface area contributed by atoms with Crippen molar-refractivity contribution in [3.05, 3.63) is 59.2 Å². The Labute approximate surface area is 152 Å². The summed E-state index contributed by atoms with van der Waals surface area (Å²) in [6.45, 7) is 3.33. The molecule has 0 saturated carbocycles. The Morgan fingerprint density at radius 3 is 2.00 bits per heavy atom. The molecule has 0 amide bonds. The zero-order valence-electron chi connectivity index (χ0n) is 15.4. The summed E-state index contributed by atoms with van der Waals surface area (Å²) in [4.78, 5) is 36.2. The topological polar surface area (TPSA) is 69.7 Å². The molecule has 0 aliphatic carbocycles. The SMILES string of the molecule is COC(=O)c1ccccc1-c1cccc(C(=O)OC)c1CC(C)C(C)=O. The first kappa shape index (κ1) is 19.4. The largest absolute Gasteiger partial charge is 0.465 e. The number of ketones is 1. The number of carbonyl (C=O) groups excluding carboxylic acids is 3. The number of benzene rings is 2. The van der Waals surface area contributed by atoms with E-state index >= 15 is 0 Å². The quantitative estimate of drug-likeness (QED) is 0.740. The van der Waals surface area contributed by atoms with Crippen LogP contribution < -0.4 is 0 Å². The normalized spacial score (nSPS) is 11.5. The van der Waals surface area contributed by atoms with Gasteiger partial charge in [0.25, 0.3) is 0 Å². The first-order valence-electron chi connectivity index (χ1n) is 8.29. The van der Waals surface area contributed by atoms with Gasteiger partial charge in [0.15, 0.2) is 0 Å². The van der Waals surface area contributed by atoms with Crippen molar-refractivity contribution in [2.75, 3.05) is 14.2 Å². The van der Waals surface area contributed by atoms with Crippen LogP contribution in [0, 0.1) is 5.92 Å². The fourth-order valence-corrected chi connectivity index (χ4v) is 2.82. The molecular formula is C21H22O5. The number of hydrogen-bond donors (Lipinski definition) is 0. The second-order valence-electron chi connectivity index (χ2n) is 6.08. The van der Waals surface area contributed by atoms with Gasteiger partial charge in [0.1, 0.15) is 5.78 Å². The number of Topliss-reactive ketones (excluding diaryl/α,β-unsaturated/α-hetero) is 1.